The van der Waals surface area contributed by atoms with Crippen LogP contribution in [0.3, 0.4) is 0 Å². The number of nitro groups is 1. The Labute approximate surface area is 202 Å². The number of benzene rings is 3. The molecule has 1 atom stereocenters. The minimum absolute atomic E-state index is 0.0536. The number of likely N-dealkylation sites (tertiary alicyclic amines) is 1. The van der Waals surface area contributed by atoms with Gasteiger partial charge in [0.1, 0.15) is 11.5 Å². The fraction of sp³-hybridized carbons (Fsp3) is 0.231. The van der Waals surface area contributed by atoms with Crippen molar-refractivity contribution >= 4 is 23.2 Å². The van der Waals surface area contributed by atoms with Crippen LogP contribution in [0.2, 0.25) is 0 Å². The molecule has 1 saturated heterocycles. The van der Waals surface area contributed by atoms with E-state index in [9.17, 15) is 19.7 Å². The summed E-state index contributed by atoms with van der Waals surface area (Å²) in [5.74, 6) is -0.178. The van der Waals surface area contributed by atoms with Gasteiger partial charge >= 0.3 is 0 Å². The highest BCUT2D eigenvalue weighted by Crippen LogP contribution is 2.29. The summed E-state index contributed by atoms with van der Waals surface area (Å²) >= 11 is 0. The molecule has 0 aromatic heterocycles. The van der Waals surface area contributed by atoms with Crippen LogP contribution in [0.25, 0.3) is 0 Å². The summed E-state index contributed by atoms with van der Waals surface area (Å²) < 4.78 is 5.81. The number of para-hydroxylation sites is 1. The Kier molecular flexibility index (Phi) is 7.37. The van der Waals surface area contributed by atoms with E-state index >= 15 is 0 Å². The van der Waals surface area contributed by atoms with E-state index in [2.05, 4.69) is 10.2 Å². The number of rotatable bonds is 8. The molecule has 3 aromatic rings. The lowest BCUT2D eigenvalue weighted by atomic mass is 9.97. The van der Waals surface area contributed by atoms with Gasteiger partial charge in [0.2, 0.25) is 5.91 Å². The number of nitrogens with zero attached hydrogens (tertiary/aromatic N) is 2. The number of carbonyl (C=O) groups is 2. The molecule has 35 heavy (non-hydrogen) atoms. The maximum atomic E-state index is 13.0. The van der Waals surface area contributed by atoms with Crippen LogP contribution < -0.4 is 15.8 Å². The monoisotopic (exact) mass is 474 g/mol. The van der Waals surface area contributed by atoms with Crippen molar-refractivity contribution in [1.29, 1.82) is 0 Å². The van der Waals surface area contributed by atoms with Crippen molar-refractivity contribution in [3.05, 3.63) is 94.0 Å². The summed E-state index contributed by atoms with van der Waals surface area (Å²) in [5.41, 5.74) is 6.90. The van der Waals surface area contributed by atoms with E-state index in [0.29, 0.717) is 24.5 Å². The second-order valence-electron chi connectivity index (χ2n) is 8.48. The fourth-order valence-corrected chi connectivity index (χ4v) is 4.09. The molecule has 1 aliphatic rings. The molecule has 0 aliphatic carbocycles. The third-order valence-electron chi connectivity index (χ3n) is 5.92. The number of nitro benzene ring substituents is 1. The van der Waals surface area contributed by atoms with Gasteiger partial charge < -0.3 is 15.8 Å². The molecule has 9 nitrogen and oxygen atoms in total. The Morgan fingerprint density at radius 2 is 1.83 bits per heavy atom. The van der Waals surface area contributed by atoms with E-state index < -0.39 is 10.8 Å². The van der Waals surface area contributed by atoms with Crippen LogP contribution in [-0.4, -0.2) is 34.7 Å². The number of primary amides is 1. The Balaban J connectivity index is 1.46. The average Bonchev–Trinajstić information content (AvgIpc) is 2.86. The highest BCUT2D eigenvalue weighted by Gasteiger charge is 2.24. The van der Waals surface area contributed by atoms with Crippen molar-refractivity contribution in [3.63, 3.8) is 0 Å². The largest absolute Gasteiger partial charge is 0.457 e. The van der Waals surface area contributed by atoms with Gasteiger partial charge in [0.05, 0.1) is 16.4 Å². The van der Waals surface area contributed by atoms with Gasteiger partial charge in [-0.3, -0.25) is 24.6 Å². The first kappa shape index (κ1) is 23.9. The second-order valence-corrected chi connectivity index (χ2v) is 8.48. The van der Waals surface area contributed by atoms with Gasteiger partial charge in [-0.1, -0.05) is 30.3 Å². The molecule has 1 fully saturated rings. The van der Waals surface area contributed by atoms with Crippen molar-refractivity contribution in [2.45, 2.75) is 19.4 Å². The molecular formula is C26H26N4O5. The average molecular weight is 475 g/mol. The maximum Gasteiger partial charge on any atom is 0.270 e. The maximum absolute atomic E-state index is 13.0. The molecule has 1 unspecified atom stereocenters. The number of hydrogen-bond acceptors (Lipinski definition) is 6. The lowest BCUT2D eigenvalue weighted by Crippen LogP contribution is -2.40. The molecule has 3 aromatic carbocycles. The standard InChI is InChI=1S/C26H26N4O5/c27-25(31)19-5-4-14-29(17-19)16-18-8-10-20(11-9-18)28-26(32)23-15-21(30(33)34)12-13-24(23)35-22-6-2-1-3-7-22/h1-3,6-13,15,19H,4-5,14,16-17H2,(H2,27,31)(H,28,32). The van der Waals surface area contributed by atoms with Gasteiger partial charge in [-0.15, -0.1) is 0 Å². The molecule has 0 bridgehead atoms. The summed E-state index contributed by atoms with van der Waals surface area (Å²) in [5, 5.41) is 14.1. The number of nitrogens with two attached hydrogens (primary N) is 1. The molecule has 0 radical (unpaired) electrons. The smallest absolute Gasteiger partial charge is 0.270 e. The number of nitrogens with one attached hydrogen (secondary N) is 1. The fourth-order valence-electron chi connectivity index (χ4n) is 4.09. The molecule has 3 N–H and O–H groups in total. The predicted molar refractivity (Wildman–Crippen MR) is 131 cm³/mol. The van der Waals surface area contributed by atoms with E-state index in [-0.39, 0.29) is 28.8 Å². The zero-order valence-corrected chi connectivity index (χ0v) is 19.1. The molecule has 9 heteroatoms. The van der Waals surface area contributed by atoms with Crippen molar-refractivity contribution < 1.29 is 19.2 Å². The molecule has 0 spiro atoms. The first-order valence-electron chi connectivity index (χ1n) is 11.3. The topological polar surface area (TPSA) is 128 Å². The van der Waals surface area contributed by atoms with E-state index in [4.69, 9.17) is 10.5 Å². The van der Waals surface area contributed by atoms with Crippen LogP contribution >= 0.6 is 0 Å². The summed E-state index contributed by atoms with van der Waals surface area (Å²) in [6, 6.07) is 20.2. The quantitative estimate of drug-likeness (QED) is 0.369. The van der Waals surface area contributed by atoms with E-state index in [1.165, 1.54) is 18.2 Å². The summed E-state index contributed by atoms with van der Waals surface area (Å²) in [7, 11) is 0. The third kappa shape index (κ3) is 6.21. The van der Waals surface area contributed by atoms with Crippen LogP contribution in [-0.2, 0) is 11.3 Å². The predicted octanol–water partition coefficient (Wildman–Crippen LogP) is 4.34. The summed E-state index contributed by atoms with van der Waals surface area (Å²) in [6.07, 6.45) is 1.75. The number of hydrogen-bond donors (Lipinski definition) is 2. The highest BCUT2D eigenvalue weighted by molar-refractivity contribution is 6.06. The number of carbonyl (C=O) groups excluding carboxylic acids is 2. The van der Waals surface area contributed by atoms with Gasteiger partial charge in [-0.05, 0) is 55.3 Å². The first-order chi connectivity index (χ1) is 16.9. The summed E-state index contributed by atoms with van der Waals surface area (Å²) in [4.78, 5) is 37.5. The van der Waals surface area contributed by atoms with E-state index in [1.807, 2.05) is 18.2 Å². The highest BCUT2D eigenvalue weighted by atomic mass is 16.6. The first-order valence-corrected chi connectivity index (χ1v) is 11.3. The van der Waals surface area contributed by atoms with Crippen LogP contribution in [0.5, 0.6) is 11.5 Å². The Hall–Kier alpha value is -4.24. The van der Waals surface area contributed by atoms with Gasteiger partial charge in [0.15, 0.2) is 0 Å². The summed E-state index contributed by atoms with van der Waals surface area (Å²) in [6.45, 7) is 2.22. The SMILES string of the molecule is NC(=O)C1CCCN(Cc2ccc(NC(=O)c3cc([N+](=O)[O-])ccc3Oc3ccccc3)cc2)C1. The minimum Gasteiger partial charge on any atom is -0.457 e. The number of non-ortho nitro benzene ring substituents is 1. The normalized spacial score (nSPS) is 15.8. The third-order valence-corrected chi connectivity index (χ3v) is 5.92. The number of ether oxygens (including phenoxy) is 1. The van der Waals surface area contributed by atoms with Gasteiger partial charge in [0, 0.05) is 30.9 Å². The van der Waals surface area contributed by atoms with Gasteiger partial charge in [0.25, 0.3) is 11.6 Å². The second kappa shape index (κ2) is 10.8. The number of piperidine rings is 1. The van der Waals surface area contributed by atoms with Gasteiger partial charge in [-0.2, -0.15) is 0 Å². The van der Waals surface area contributed by atoms with Crippen molar-refractivity contribution in [3.8, 4) is 11.5 Å². The molecule has 1 aliphatic heterocycles. The van der Waals surface area contributed by atoms with Crippen LogP contribution in [0.4, 0.5) is 11.4 Å². The Bertz CT molecular complexity index is 1210. The minimum atomic E-state index is -0.554. The van der Waals surface area contributed by atoms with Crippen LogP contribution in [0, 0.1) is 16.0 Å². The number of amides is 2. The molecule has 2 amide bonds. The molecular weight excluding hydrogens is 448 g/mol. The zero-order valence-electron chi connectivity index (χ0n) is 19.1. The Morgan fingerprint density at radius 1 is 1.09 bits per heavy atom. The number of anilines is 1. The van der Waals surface area contributed by atoms with Crippen molar-refractivity contribution in [2.24, 2.45) is 11.7 Å². The molecule has 1 heterocycles. The van der Waals surface area contributed by atoms with Crippen molar-refractivity contribution in [2.75, 3.05) is 18.4 Å². The zero-order chi connectivity index (χ0) is 24.8. The molecule has 0 saturated carbocycles. The van der Waals surface area contributed by atoms with E-state index in [0.717, 1.165) is 24.9 Å². The van der Waals surface area contributed by atoms with E-state index in [1.54, 1.807) is 36.4 Å². The Morgan fingerprint density at radius 3 is 2.51 bits per heavy atom. The van der Waals surface area contributed by atoms with Gasteiger partial charge in [-0.25, -0.2) is 0 Å². The van der Waals surface area contributed by atoms with Crippen LogP contribution in [0.15, 0.2) is 72.8 Å². The molecule has 4 rings (SSSR count). The lowest BCUT2D eigenvalue weighted by molar-refractivity contribution is -0.384. The van der Waals surface area contributed by atoms with Crippen LogP contribution in [0.1, 0.15) is 28.8 Å². The lowest BCUT2D eigenvalue weighted by Gasteiger charge is -2.31. The van der Waals surface area contributed by atoms with Crippen molar-refractivity contribution in [1.82, 2.24) is 4.90 Å². The molecule has 180 valence electrons.